The fourth-order valence-corrected chi connectivity index (χ4v) is 2.13. The highest BCUT2D eigenvalue weighted by Gasteiger charge is 2.33. The van der Waals surface area contributed by atoms with Crippen molar-refractivity contribution >= 4 is 5.78 Å². The van der Waals surface area contributed by atoms with E-state index < -0.39 is 0 Å². The van der Waals surface area contributed by atoms with Gasteiger partial charge in [-0.05, 0) is 13.0 Å². The maximum absolute atomic E-state index is 11.5. The molecule has 1 fully saturated rings. The Morgan fingerprint density at radius 1 is 1.42 bits per heavy atom. The fourth-order valence-electron chi connectivity index (χ4n) is 2.13. The molecule has 0 aromatic carbocycles. The van der Waals surface area contributed by atoms with Crippen LogP contribution in [0.1, 0.15) is 26.7 Å². The van der Waals surface area contributed by atoms with Crippen LogP contribution in [0.5, 0.6) is 0 Å². The van der Waals surface area contributed by atoms with Crippen LogP contribution in [-0.2, 0) is 4.79 Å². The average molecular weight is 169 g/mol. The SMILES string of the molecule is CCC(=O)[C@H]1CN(C)C[C@H]1CC. The van der Waals surface area contributed by atoms with Crippen molar-refractivity contribution in [2.45, 2.75) is 26.7 Å². The quantitative estimate of drug-likeness (QED) is 0.639. The zero-order chi connectivity index (χ0) is 9.14. The van der Waals surface area contributed by atoms with E-state index in [9.17, 15) is 4.79 Å². The summed E-state index contributed by atoms with van der Waals surface area (Å²) in [7, 11) is 2.10. The van der Waals surface area contributed by atoms with Gasteiger partial charge in [-0.3, -0.25) is 4.79 Å². The minimum atomic E-state index is 0.324. The summed E-state index contributed by atoms with van der Waals surface area (Å²) in [6, 6.07) is 0. The van der Waals surface area contributed by atoms with Crippen molar-refractivity contribution < 1.29 is 4.79 Å². The number of likely N-dealkylation sites (tertiary alicyclic amines) is 1. The maximum atomic E-state index is 11.5. The Morgan fingerprint density at radius 3 is 2.58 bits per heavy atom. The van der Waals surface area contributed by atoms with Crippen molar-refractivity contribution in [2.24, 2.45) is 11.8 Å². The van der Waals surface area contributed by atoms with E-state index in [-0.39, 0.29) is 0 Å². The maximum Gasteiger partial charge on any atom is 0.137 e. The molecule has 0 amide bonds. The number of hydrogen-bond acceptors (Lipinski definition) is 2. The Hall–Kier alpha value is -0.370. The molecular formula is C10H19NO. The number of rotatable bonds is 3. The van der Waals surface area contributed by atoms with Crippen LogP contribution >= 0.6 is 0 Å². The van der Waals surface area contributed by atoms with E-state index in [1.165, 1.54) is 0 Å². The van der Waals surface area contributed by atoms with Gasteiger partial charge in [0.25, 0.3) is 0 Å². The van der Waals surface area contributed by atoms with E-state index in [4.69, 9.17) is 0 Å². The van der Waals surface area contributed by atoms with Gasteiger partial charge in [0.2, 0.25) is 0 Å². The van der Waals surface area contributed by atoms with Crippen LogP contribution in [0.4, 0.5) is 0 Å². The summed E-state index contributed by atoms with van der Waals surface area (Å²) in [6.45, 7) is 6.23. The predicted octanol–water partition coefficient (Wildman–Crippen LogP) is 1.55. The van der Waals surface area contributed by atoms with Crippen LogP contribution in [0.25, 0.3) is 0 Å². The molecule has 1 aliphatic heterocycles. The molecule has 2 nitrogen and oxygen atoms in total. The number of carbonyl (C=O) groups excluding carboxylic acids is 1. The van der Waals surface area contributed by atoms with Crippen LogP contribution in [0.2, 0.25) is 0 Å². The van der Waals surface area contributed by atoms with Crippen LogP contribution < -0.4 is 0 Å². The molecule has 0 unspecified atom stereocenters. The molecule has 0 saturated carbocycles. The molecule has 0 radical (unpaired) electrons. The number of Topliss-reactive ketones (excluding diaryl/α,β-unsaturated/α-hetero) is 1. The Labute approximate surface area is 74.9 Å². The Balaban J connectivity index is 2.57. The van der Waals surface area contributed by atoms with Crippen molar-refractivity contribution in [3.63, 3.8) is 0 Å². The second kappa shape index (κ2) is 4.04. The minimum absolute atomic E-state index is 0.324. The van der Waals surface area contributed by atoms with Gasteiger partial charge in [0.05, 0.1) is 0 Å². The molecule has 0 aliphatic carbocycles. The minimum Gasteiger partial charge on any atom is -0.305 e. The monoisotopic (exact) mass is 169 g/mol. The van der Waals surface area contributed by atoms with Gasteiger partial charge in [-0.1, -0.05) is 20.3 Å². The highest BCUT2D eigenvalue weighted by Crippen LogP contribution is 2.26. The highest BCUT2D eigenvalue weighted by molar-refractivity contribution is 5.81. The molecule has 12 heavy (non-hydrogen) atoms. The van der Waals surface area contributed by atoms with Crippen molar-refractivity contribution in [1.29, 1.82) is 0 Å². The first kappa shape index (κ1) is 9.72. The van der Waals surface area contributed by atoms with Crippen molar-refractivity contribution in [3.05, 3.63) is 0 Å². The number of hydrogen-bond donors (Lipinski definition) is 0. The lowest BCUT2D eigenvalue weighted by atomic mass is 9.89. The largest absolute Gasteiger partial charge is 0.305 e. The molecule has 70 valence electrons. The topological polar surface area (TPSA) is 20.3 Å². The Kier molecular flexibility index (Phi) is 3.27. The third kappa shape index (κ3) is 1.86. The lowest BCUT2D eigenvalue weighted by Crippen LogP contribution is -2.21. The summed E-state index contributed by atoms with van der Waals surface area (Å²) in [5.74, 6) is 1.39. The van der Waals surface area contributed by atoms with Gasteiger partial charge in [-0.25, -0.2) is 0 Å². The van der Waals surface area contributed by atoms with Gasteiger partial charge in [0.1, 0.15) is 5.78 Å². The summed E-state index contributed by atoms with van der Waals surface area (Å²) in [5.41, 5.74) is 0. The molecule has 0 N–H and O–H groups in total. The Bertz CT molecular complexity index is 167. The molecule has 1 heterocycles. The summed E-state index contributed by atoms with van der Waals surface area (Å²) >= 11 is 0. The first-order valence-corrected chi connectivity index (χ1v) is 4.90. The molecule has 2 atom stereocenters. The van der Waals surface area contributed by atoms with E-state index in [1.54, 1.807) is 0 Å². The molecule has 0 spiro atoms. The van der Waals surface area contributed by atoms with E-state index >= 15 is 0 Å². The molecular weight excluding hydrogens is 150 g/mol. The van der Waals surface area contributed by atoms with Crippen LogP contribution in [0.3, 0.4) is 0 Å². The molecule has 1 saturated heterocycles. The summed E-state index contributed by atoms with van der Waals surface area (Å²) in [6.07, 6.45) is 1.84. The third-order valence-electron chi connectivity index (χ3n) is 2.91. The third-order valence-corrected chi connectivity index (χ3v) is 2.91. The van der Waals surface area contributed by atoms with Gasteiger partial charge in [0.15, 0.2) is 0 Å². The van der Waals surface area contributed by atoms with Gasteiger partial charge in [0, 0.05) is 25.4 Å². The van der Waals surface area contributed by atoms with Crippen LogP contribution in [-0.4, -0.2) is 30.8 Å². The molecule has 0 bridgehead atoms. The zero-order valence-electron chi connectivity index (χ0n) is 8.34. The summed E-state index contributed by atoms with van der Waals surface area (Å²) in [5, 5.41) is 0. The summed E-state index contributed by atoms with van der Waals surface area (Å²) in [4.78, 5) is 13.8. The number of nitrogens with zero attached hydrogens (tertiary/aromatic N) is 1. The number of ketones is 1. The van der Waals surface area contributed by atoms with E-state index in [0.29, 0.717) is 24.0 Å². The molecule has 1 rings (SSSR count). The van der Waals surface area contributed by atoms with Gasteiger partial charge < -0.3 is 4.90 Å². The smallest absolute Gasteiger partial charge is 0.137 e. The standard InChI is InChI=1S/C10H19NO/c1-4-8-6-11(3)7-9(8)10(12)5-2/h8-9H,4-7H2,1-3H3/t8-,9+/m1/s1. The molecule has 0 aromatic rings. The average Bonchev–Trinajstić information content (AvgIpc) is 2.45. The fraction of sp³-hybridized carbons (Fsp3) is 0.900. The van der Waals surface area contributed by atoms with Crippen LogP contribution in [0.15, 0.2) is 0 Å². The van der Waals surface area contributed by atoms with Crippen molar-refractivity contribution in [2.75, 3.05) is 20.1 Å². The Morgan fingerprint density at radius 2 is 2.08 bits per heavy atom. The second-order valence-corrected chi connectivity index (χ2v) is 3.82. The first-order valence-electron chi connectivity index (χ1n) is 4.90. The van der Waals surface area contributed by atoms with Crippen molar-refractivity contribution in [1.82, 2.24) is 4.90 Å². The summed E-state index contributed by atoms with van der Waals surface area (Å²) < 4.78 is 0. The molecule has 1 aliphatic rings. The second-order valence-electron chi connectivity index (χ2n) is 3.82. The lowest BCUT2D eigenvalue weighted by molar-refractivity contribution is -0.123. The van der Waals surface area contributed by atoms with E-state index in [1.807, 2.05) is 6.92 Å². The number of carbonyl (C=O) groups is 1. The molecule has 2 heteroatoms. The lowest BCUT2D eigenvalue weighted by Gasteiger charge is -2.13. The first-order chi connectivity index (χ1) is 5.69. The predicted molar refractivity (Wildman–Crippen MR) is 50.1 cm³/mol. The molecule has 0 aromatic heterocycles. The normalized spacial score (nSPS) is 30.9. The zero-order valence-corrected chi connectivity index (χ0v) is 8.34. The van der Waals surface area contributed by atoms with Crippen LogP contribution in [0, 0.1) is 11.8 Å². The van der Waals surface area contributed by atoms with Gasteiger partial charge in [-0.2, -0.15) is 0 Å². The van der Waals surface area contributed by atoms with Crippen molar-refractivity contribution in [3.8, 4) is 0 Å². The highest BCUT2D eigenvalue weighted by atomic mass is 16.1. The van der Waals surface area contributed by atoms with E-state index in [0.717, 1.165) is 19.5 Å². The van der Waals surface area contributed by atoms with Gasteiger partial charge >= 0.3 is 0 Å². The van der Waals surface area contributed by atoms with Gasteiger partial charge in [-0.15, -0.1) is 0 Å². The van der Waals surface area contributed by atoms with E-state index in [2.05, 4.69) is 18.9 Å².